The first kappa shape index (κ1) is 9.46. The Hall–Kier alpha value is -1.09. The van der Waals surface area contributed by atoms with E-state index in [0.717, 1.165) is 19.5 Å². The average Bonchev–Trinajstić information content (AvgIpc) is 2.64. The lowest BCUT2D eigenvalue weighted by atomic mass is 10.2. The maximum Gasteiger partial charge on any atom is 0.129 e. The van der Waals surface area contributed by atoms with Crippen LogP contribution in [0.15, 0.2) is 18.2 Å². The van der Waals surface area contributed by atoms with Crippen molar-refractivity contribution in [3.05, 3.63) is 29.6 Å². The summed E-state index contributed by atoms with van der Waals surface area (Å²) < 4.78 is 18.8. The number of hydrogen-bond donors (Lipinski definition) is 1. The van der Waals surface area contributed by atoms with Crippen molar-refractivity contribution in [1.29, 1.82) is 0 Å². The Labute approximate surface area is 83.1 Å². The third kappa shape index (κ3) is 2.04. The maximum atomic E-state index is 13.2. The van der Waals surface area contributed by atoms with Gasteiger partial charge in [-0.3, -0.25) is 0 Å². The van der Waals surface area contributed by atoms with Crippen LogP contribution < -0.4 is 10.1 Å². The van der Waals surface area contributed by atoms with E-state index in [1.54, 1.807) is 13.0 Å². The molecule has 1 aromatic rings. The van der Waals surface area contributed by atoms with Crippen LogP contribution in [0.5, 0.6) is 5.75 Å². The molecule has 0 amide bonds. The fraction of sp³-hybridized carbons (Fsp3) is 0.455. The minimum Gasteiger partial charge on any atom is -0.489 e. The molecule has 0 saturated carbocycles. The quantitative estimate of drug-likeness (QED) is 0.778. The van der Waals surface area contributed by atoms with Gasteiger partial charge in [0, 0.05) is 12.6 Å². The monoisotopic (exact) mass is 195 g/mol. The number of aryl methyl sites for hydroxylation is 1. The molecule has 2 nitrogen and oxygen atoms in total. The van der Waals surface area contributed by atoms with Gasteiger partial charge in [-0.15, -0.1) is 0 Å². The molecule has 1 aromatic carbocycles. The highest BCUT2D eigenvalue weighted by Gasteiger charge is 2.15. The molecular formula is C11H14FNO. The Bertz CT molecular complexity index is 321. The Balaban J connectivity index is 2.05. The Morgan fingerprint density at radius 1 is 1.50 bits per heavy atom. The number of nitrogens with one attached hydrogen (secondary N) is 1. The van der Waals surface area contributed by atoms with Gasteiger partial charge in [0.1, 0.15) is 17.7 Å². The summed E-state index contributed by atoms with van der Waals surface area (Å²) in [6.07, 6.45) is 1.19. The summed E-state index contributed by atoms with van der Waals surface area (Å²) in [4.78, 5) is 0. The van der Waals surface area contributed by atoms with Crippen molar-refractivity contribution in [3.63, 3.8) is 0 Å². The molecule has 2 rings (SSSR count). The number of rotatable bonds is 2. The molecule has 1 aliphatic heterocycles. The summed E-state index contributed by atoms with van der Waals surface area (Å²) in [5.41, 5.74) is 0.655. The van der Waals surface area contributed by atoms with Crippen LogP contribution in [0.25, 0.3) is 0 Å². The van der Waals surface area contributed by atoms with Gasteiger partial charge in [0.2, 0.25) is 0 Å². The molecule has 0 unspecified atom stereocenters. The van der Waals surface area contributed by atoms with Crippen LogP contribution >= 0.6 is 0 Å². The number of hydrogen-bond acceptors (Lipinski definition) is 2. The van der Waals surface area contributed by atoms with Crippen molar-refractivity contribution in [3.8, 4) is 5.75 Å². The predicted molar refractivity (Wildman–Crippen MR) is 53.0 cm³/mol. The fourth-order valence-electron chi connectivity index (χ4n) is 1.57. The summed E-state index contributed by atoms with van der Waals surface area (Å²) in [5, 5.41) is 3.20. The van der Waals surface area contributed by atoms with E-state index in [0.29, 0.717) is 11.3 Å². The second kappa shape index (κ2) is 3.96. The van der Waals surface area contributed by atoms with Gasteiger partial charge < -0.3 is 10.1 Å². The van der Waals surface area contributed by atoms with Gasteiger partial charge in [0.05, 0.1) is 0 Å². The zero-order valence-corrected chi connectivity index (χ0v) is 8.22. The van der Waals surface area contributed by atoms with Gasteiger partial charge in [-0.2, -0.15) is 0 Å². The van der Waals surface area contributed by atoms with Crippen LogP contribution in [0.1, 0.15) is 12.0 Å². The molecule has 1 saturated heterocycles. The van der Waals surface area contributed by atoms with E-state index in [-0.39, 0.29) is 11.9 Å². The van der Waals surface area contributed by atoms with Crippen LogP contribution in [-0.2, 0) is 0 Å². The first-order valence-electron chi connectivity index (χ1n) is 4.89. The topological polar surface area (TPSA) is 21.3 Å². The van der Waals surface area contributed by atoms with Gasteiger partial charge in [0.15, 0.2) is 0 Å². The van der Waals surface area contributed by atoms with Crippen LogP contribution in [0.3, 0.4) is 0 Å². The molecule has 1 N–H and O–H groups in total. The Kier molecular flexibility index (Phi) is 2.68. The molecule has 0 spiro atoms. The molecule has 0 aromatic heterocycles. The highest BCUT2D eigenvalue weighted by molar-refractivity contribution is 5.28. The molecule has 0 aliphatic carbocycles. The highest BCUT2D eigenvalue weighted by Crippen LogP contribution is 2.18. The summed E-state index contributed by atoms with van der Waals surface area (Å²) in [5.74, 6) is 0.426. The minimum atomic E-state index is -0.201. The Morgan fingerprint density at radius 3 is 3.00 bits per heavy atom. The number of benzene rings is 1. The zero-order chi connectivity index (χ0) is 9.97. The van der Waals surface area contributed by atoms with Crippen molar-refractivity contribution in [2.75, 3.05) is 13.1 Å². The van der Waals surface area contributed by atoms with Crippen LogP contribution in [0, 0.1) is 12.7 Å². The number of ether oxygens (including phenoxy) is 1. The van der Waals surface area contributed by atoms with E-state index in [1.165, 1.54) is 6.07 Å². The molecule has 1 heterocycles. The smallest absolute Gasteiger partial charge is 0.129 e. The lowest BCUT2D eigenvalue weighted by Crippen LogP contribution is -2.19. The van der Waals surface area contributed by atoms with Gasteiger partial charge in [0.25, 0.3) is 0 Å². The number of halogens is 1. The third-order valence-electron chi connectivity index (χ3n) is 2.46. The third-order valence-corrected chi connectivity index (χ3v) is 2.46. The van der Waals surface area contributed by atoms with E-state index in [9.17, 15) is 4.39 Å². The van der Waals surface area contributed by atoms with Gasteiger partial charge >= 0.3 is 0 Å². The summed E-state index contributed by atoms with van der Waals surface area (Å²) in [6, 6.07) is 5.01. The molecule has 1 aliphatic rings. The summed E-state index contributed by atoms with van der Waals surface area (Å²) in [7, 11) is 0. The SMILES string of the molecule is Cc1ccc(O[C@@H]2CCNC2)cc1F. The van der Waals surface area contributed by atoms with Crippen molar-refractivity contribution in [1.82, 2.24) is 5.32 Å². The highest BCUT2D eigenvalue weighted by atomic mass is 19.1. The second-order valence-corrected chi connectivity index (χ2v) is 3.64. The van der Waals surface area contributed by atoms with Gasteiger partial charge in [-0.05, 0) is 31.5 Å². The molecule has 1 fully saturated rings. The van der Waals surface area contributed by atoms with Crippen molar-refractivity contribution in [2.24, 2.45) is 0 Å². The van der Waals surface area contributed by atoms with Crippen molar-refractivity contribution < 1.29 is 9.13 Å². The van der Waals surface area contributed by atoms with Crippen molar-refractivity contribution in [2.45, 2.75) is 19.4 Å². The van der Waals surface area contributed by atoms with E-state index in [2.05, 4.69) is 5.32 Å². The van der Waals surface area contributed by atoms with E-state index in [1.807, 2.05) is 6.07 Å². The lowest BCUT2D eigenvalue weighted by Gasteiger charge is -2.12. The summed E-state index contributed by atoms with van der Waals surface area (Å²) in [6.45, 7) is 3.59. The van der Waals surface area contributed by atoms with Crippen LogP contribution in [0.4, 0.5) is 4.39 Å². The molecule has 76 valence electrons. The minimum absolute atomic E-state index is 0.192. The van der Waals surface area contributed by atoms with E-state index in [4.69, 9.17) is 4.74 Å². The van der Waals surface area contributed by atoms with E-state index >= 15 is 0 Å². The molecule has 14 heavy (non-hydrogen) atoms. The molecule has 3 heteroatoms. The lowest BCUT2D eigenvalue weighted by molar-refractivity contribution is 0.222. The van der Waals surface area contributed by atoms with Crippen molar-refractivity contribution >= 4 is 0 Å². The first-order valence-corrected chi connectivity index (χ1v) is 4.89. The van der Waals surface area contributed by atoms with E-state index < -0.39 is 0 Å². The fourth-order valence-corrected chi connectivity index (χ4v) is 1.57. The van der Waals surface area contributed by atoms with Crippen LogP contribution in [-0.4, -0.2) is 19.2 Å². The molecular weight excluding hydrogens is 181 g/mol. The largest absolute Gasteiger partial charge is 0.489 e. The normalized spacial score (nSPS) is 21.1. The standard InChI is InChI=1S/C11H14FNO/c1-8-2-3-9(6-11(8)12)14-10-4-5-13-7-10/h2-3,6,10,13H,4-5,7H2,1H3/t10-/m1/s1. The maximum absolute atomic E-state index is 13.2. The molecule has 0 radical (unpaired) electrons. The van der Waals surface area contributed by atoms with Gasteiger partial charge in [-0.1, -0.05) is 6.07 Å². The van der Waals surface area contributed by atoms with Crippen LogP contribution in [0.2, 0.25) is 0 Å². The van der Waals surface area contributed by atoms with Gasteiger partial charge in [-0.25, -0.2) is 4.39 Å². The predicted octanol–water partition coefficient (Wildman–Crippen LogP) is 1.87. The second-order valence-electron chi connectivity index (χ2n) is 3.64. The Morgan fingerprint density at radius 2 is 2.36 bits per heavy atom. The molecule has 1 atom stereocenters. The molecule has 0 bridgehead atoms. The first-order chi connectivity index (χ1) is 6.75. The average molecular weight is 195 g/mol. The zero-order valence-electron chi connectivity index (χ0n) is 8.22. The summed E-state index contributed by atoms with van der Waals surface area (Å²) >= 11 is 0.